The summed E-state index contributed by atoms with van der Waals surface area (Å²) in [5.41, 5.74) is 2.15. The summed E-state index contributed by atoms with van der Waals surface area (Å²) in [5.74, 6) is 2.71. The monoisotopic (exact) mass is 356 g/mol. The predicted molar refractivity (Wildman–Crippen MR) is 98.3 cm³/mol. The summed E-state index contributed by atoms with van der Waals surface area (Å²) in [7, 11) is 3.21. The van der Waals surface area contributed by atoms with Crippen molar-refractivity contribution in [2.45, 2.75) is 18.1 Å². The fourth-order valence-electron chi connectivity index (χ4n) is 2.43. The van der Waals surface area contributed by atoms with Gasteiger partial charge in [-0.05, 0) is 36.6 Å². The van der Waals surface area contributed by atoms with Gasteiger partial charge in [-0.25, -0.2) is 0 Å². The summed E-state index contributed by atoms with van der Waals surface area (Å²) in [4.78, 5) is 0. The van der Waals surface area contributed by atoms with Crippen molar-refractivity contribution in [3.8, 4) is 23.0 Å². The number of hydrogen-bond donors (Lipinski definition) is 0. The van der Waals surface area contributed by atoms with Crippen molar-refractivity contribution in [2.24, 2.45) is 0 Å². The Labute approximate surface area is 151 Å². The zero-order chi connectivity index (χ0) is 17.5. The van der Waals surface area contributed by atoms with Crippen LogP contribution in [0.25, 0.3) is 11.5 Å². The van der Waals surface area contributed by atoms with Crippen LogP contribution in [0.1, 0.15) is 12.0 Å². The smallest absolute Gasteiger partial charge is 0.276 e. The molecule has 2 aromatic carbocycles. The number of aromatic nitrogens is 2. The highest BCUT2D eigenvalue weighted by atomic mass is 32.2. The fourth-order valence-corrected chi connectivity index (χ4v) is 3.13. The van der Waals surface area contributed by atoms with Crippen LogP contribution < -0.4 is 9.47 Å². The number of thioether (sulfide) groups is 1. The zero-order valence-electron chi connectivity index (χ0n) is 14.3. The van der Waals surface area contributed by atoms with Crippen LogP contribution in [0.15, 0.2) is 58.2 Å². The highest BCUT2D eigenvalue weighted by molar-refractivity contribution is 7.99. The molecule has 0 aliphatic carbocycles. The first-order chi connectivity index (χ1) is 12.3. The Bertz CT molecular complexity index is 805. The number of methoxy groups -OCH3 is 2. The molecular weight excluding hydrogens is 336 g/mol. The number of ether oxygens (including phenoxy) is 2. The third-order valence-corrected chi connectivity index (χ3v) is 4.62. The largest absolute Gasteiger partial charge is 0.493 e. The van der Waals surface area contributed by atoms with Crippen molar-refractivity contribution in [3.05, 3.63) is 54.1 Å². The van der Waals surface area contributed by atoms with Crippen LogP contribution in [-0.4, -0.2) is 30.2 Å². The Balaban J connectivity index is 1.57. The lowest BCUT2D eigenvalue weighted by atomic mass is 10.1. The molecule has 0 unspecified atom stereocenters. The molecule has 0 amide bonds. The zero-order valence-corrected chi connectivity index (χ0v) is 15.1. The molecule has 3 aromatic rings. The first-order valence-electron chi connectivity index (χ1n) is 8.03. The first-order valence-corrected chi connectivity index (χ1v) is 9.01. The average molecular weight is 356 g/mol. The maximum Gasteiger partial charge on any atom is 0.276 e. The molecule has 130 valence electrons. The lowest BCUT2D eigenvalue weighted by Gasteiger charge is -2.07. The molecule has 6 heteroatoms. The second-order valence-electron chi connectivity index (χ2n) is 5.38. The lowest BCUT2D eigenvalue weighted by molar-refractivity contribution is 0.355. The van der Waals surface area contributed by atoms with Gasteiger partial charge < -0.3 is 13.9 Å². The standard InChI is InChI=1S/C19H20N2O3S/c1-22-16-11-10-15(13-17(16)23-2)18-20-21-19(24-18)25-12-6-9-14-7-4-3-5-8-14/h3-5,7-8,10-11,13H,6,9,12H2,1-2H3. The summed E-state index contributed by atoms with van der Waals surface area (Å²) < 4.78 is 16.3. The van der Waals surface area contributed by atoms with Gasteiger partial charge in [-0.1, -0.05) is 42.1 Å². The lowest BCUT2D eigenvalue weighted by Crippen LogP contribution is -1.90. The van der Waals surface area contributed by atoms with Crippen molar-refractivity contribution in [1.82, 2.24) is 10.2 Å². The second kappa shape index (κ2) is 8.58. The predicted octanol–water partition coefficient (Wildman–Crippen LogP) is 4.48. The van der Waals surface area contributed by atoms with Crippen LogP contribution in [-0.2, 0) is 6.42 Å². The molecule has 0 bridgehead atoms. The van der Waals surface area contributed by atoms with Gasteiger partial charge in [0.05, 0.1) is 14.2 Å². The Morgan fingerprint density at radius 2 is 1.76 bits per heavy atom. The number of rotatable bonds is 8. The molecular formula is C19H20N2O3S. The molecule has 0 saturated carbocycles. The topological polar surface area (TPSA) is 57.4 Å². The maximum absolute atomic E-state index is 5.74. The van der Waals surface area contributed by atoms with Gasteiger partial charge in [0, 0.05) is 11.3 Å². The third kappa shape index (κ3) is 4.54. The first kappa shape index (κ1) is 17.4. The molecule has 1 aromatic heterocycles. The minimum Gasteiger partial charge on any atom is -0.493 e. The molecule has 0 fully saturated rings. The molecule has 1 heterocycles. The van der Waals surface area contributed by atoms with E-state index >= 15 is 0 Å². The molecule has 3 rings (SSSR count). The molecule has 0 aliphatic rings. The number of nitrogens with zero attached hydrogens (tertiary/aromatic N) is 2. The van der Waals surface area contributed by atoms with E-state index < -0.39 is 0 Å². The number of hydrogen-bond acceptors (Lipinski definition) is 6. The maximum atomic E-state index is 5.74. The molecule has 25 heavy (non-hydrogen) atoms. The van der Waals surface area contributed by atoms with Crippen molar-refractivity contribution >= 4 is 11.8 Å². The van der Waals surface area contributed by atoms with Crippen LogP contribution in [0, 0.1) is 0 Å². The molecule has 0 saturated heterocycles. The van der Waals surface area contributed by atoms with E-state index in [0.717, 1.165) is 24.2 Å². The van der Waals surface area contributed by atoms with Crippen LogP contribution in [0.5, 0.6) is 11.5 Å². The van der Waals surface area contributed by atoms with Crippen LogP contribution >= 0.6 is 11.8 Å². The molecule has 0 aliphatic heterocycles. The van der Waals surface area contributed by atoms with E-state index in [2.05, 4.69) is 34.5 Å². The number of benzene rings is 2. The normalized spacial score (nSPS) is 10.6. The summed E-state index contributed by atoms with van der Waals surface area (Å²) >= 11 is 1.58. The average Bonchev–Trinajstić information content (AvgIpc) is 3.14. The fraction of sp³-hybridized carbons (Fsp3) is 0.263. The Morgan fingerprint density at radius 1 is 0.960 bits per heavy atom. The van der Waals surface area contributed by atoms with E-state index in [1.165, 1.54) is 5.56 Å². The Morgan fingerprint density at radius 3 is 2.52 bits per heavy atom. The van der Waals surface area contributed by atoms with E-state index in [9.17, 15) is 0 Å². The summed E-state index contributed by atoms with van der Waals surface area (Å²) in [6.45, 7) is 0. The highest BCUT2D eigenvalue weighted by Crippen LogP contribution is 2.32. The van der Waals surface area contributed by atoms with Gasteiger partial charge in [0.1, 0.15) is 0 Å². The van der Waals surface area contributed by atoms with Crippen molar-refractivity contribution in [1.29, 1.82) is 0 Å². The van der Waals surface area contributed by atoms with Crippen LogP contribution in [0.3, 0.4) is 0 Å². The van der Waals surface area contributed by atoms with Crippen molar-refractivity contribution in [2.75, 3.05) is 20.0 Å². The molecule has 0 spiro atoms. The summed E-state index contributed by atoms with van der Waals surface area (Å²) in [6, 6.07) is 16.0. The third-order valence-electron chi connectivity index (χ3n) is 3.72. The highest BCUT2D eigenvalue weighted by Gasteiger charge is 2.12. The SMILES string of the molecule is COc1ccc(-c2nnc(SCCCc3ccccc3)o2)cc1OC. The van der Waals surface area contributed by atoms with E-state index in [-0.39, 0.29) is 0 Å². The van der Waals surface area contributed by atoms with Gasteiger partial charge >= 0.3 is 0 Å². The van der Waals surface area contributed by atoms with Crippen LogP contribution in [0.4, 0.5) is 0 Å². The van der Waals surface area contributed by atoms with E-state index in [1.807, 2.05) is 24.3 Å². The van der Waals surface area contributed by atoms with Gasteiger partial charge in [0.2, 0.25) is 5.89 Å². The molecule has 0 N–H and O–H groups in total. The Kier molecular flexibility index (Phi) is 5.95. The van der Waals surface area contributed by atoms with Gasteiger partial charge in [-0.2, -0.15) is 0 Å². The quantitative estimate of drug-likeness (QED) is 0.438. The van der Waals surface area contributed by atoms with Crippen molar-refractivity contribution in [3.63, 3.8) is 0 Å². The van der Waals surface area contributed by atoms with Gasteiger partial charge in [0.15, 0.2) is 11.5 Å². The minimum atomic E-state index is 0.478. The summed E-state index contributed by atoms with van der Waals surface area (Å²) in [5, 5.41) is 8.81. The molecule has 5 nitrogen and oxygen atoms in total. The minimum absolute atomic E-state index is 0.478. The summed E-state index contributed by atoms with van der Waals surface area (Å²) in [6.07, 6.45) is 2.10. The van der Waals surface area contributed by atoms with Gasteiger partial charge in [0.25, 0.3) is 5.22 Å². The van der Waals surface area contributed by atoms with E-state index in [1.54, 1.807) is 26.0 Å². The Hall–Kier alpha value is -2.47. The van der Waals surface area contributed by atoms with Crippen molar-refractivity contribution < 1.29 is 13.9 Å². The van der Waals surface area contributed by atoms with E-state index in [4.69, 9.17) is 13.9 Å². The molecule has 0 radical (unpaired) electrons. The van der Waals surface area contributed by atoms with E-state index in [0.29, 0.717) is 22.6 Å². The number of aryl methyl sites for hydroxylation is 1. The second-order valence-corrected chi connectivity index (χ2v) is 6.43. The van der Waals surface area contributed by atoms with Crippen LogP contribution in [0.2, 0.25) is 0 Å². The van der Waals surface area contributed by atoms with Gasteiger partial charge in [-0.3, -0.25) is 0 Å². The van der Waals surface area contributed by atoms with Gasteiger partial charge in [-0.15, -0.1) is 10.2 Å². The molecule has 0 atom stereocenters.